The number of carbonyl (C=O) groups excluding carboxylic acids is 6. The van der Waals surface area contributed by atoms with Crippen LogP contribution in [0.2, 0.25) is 0 Å². The van der Waals surface area contributed by atoms with E-state index < -0.39 is 94.5 Å². The highest BCUT2D eigenvalue weighted by Crippen LogP contribution is 2.41. The summed E-state index contributed by atoms with van der Waals surface area (Å²) in [4.78, 5) is 78.6. The predicted octanol–water partition coefficient (Wildman–Crippen LogP) is 0.817. The molecule has 6 amide bonds. The molecule has 2 atom stereocenters. The zero-order valence-corrected chi connectivity index (χ0v) is 30.7. The molecule has 16 nitrogen and oxygen atoms in total. The van der Waals surface area contributed by atoms with Gasteiger partial charge in [0.15, 0.2) is 0 Å². The summed E-state index contributed by atoms with van der Waals surface area (Å²) in [7, 11) is 0. The summed E-state index contributed by atoms with van der Waals surface area (Å²) in [6.45, 7) is 14.2. The Labute approximate surface area is 293 Å². The number of nitrogens with one attached hydrogen (secondary N) is 4. The van der Waals surface area contributed by atoms with Gasteiger partial charge in [-0.15, -0.1) is 0 Å². The first-order chi connectivity index (χ1) is 22.9. The van der Waals surface area contributed by atoms with Crippen molar-refractivity contribution in [3.05, 3.63) is 0 Å². The molecule has 0 saturated carbocycles. The minimum Gasteiger partial charge on any atom is -0.463 e. The molecule has 0 bridgehead atoms. The lowest BCUT2D eigenvalue weighted by Crippen LogP contribution is -2.68. The number of carbonyl (C=O) groups is 6. The SMILES string of the molecule is CC1(C)CC2(CC(C)(C)N1)NC(=O)N(CC(O)COC(=O)CCCCC(=O)OCC(O)CN1C(=O)NC3(CC(C)(C)NC(C)(C)C3)C1=O)C2=O. The minimum absolute atomic E-state index is 0.0386. The number of hydrogen-bond donors (Lipinski definition) is 6. The molecule has 0 aromatic rings. The van der Waals surface area contributed by atoms with Crippen LogP contribution in [-0.2, 0) is 28.7 Å². The number of nitrogens with zero attached hydrogens (tertiary/aromatic N) is 2. The third-order valence-corrected chi connectivity index (χ3v) is 9.49. The smallest absolute Gasteiger partial charge is 0.325 e. The van der Waals surface area contributed by atoms with E-state index in [9.17, 15) is 39.0 Å². The van der Waals surface area contributed by atoms with E-state index in [1.807, 2.05) is 55.4 Å². The Bertz CT molecular complexity index is 1240. The second-order valence-electron chi connectivity index (χ2n) is 17.2. The maximum atomic E-state index is 13.4. The topological polar surface area (TPSA) is 216 Å². The van der Waals surface area contributed by atoms with E-state index in [0.29, 0.717) is 25.7 Å². The van der Waals surface area contributed by atoms with Crippen LogP contribution in [-0.4, -0.2) is 128 Å². The third-order valence-electron chi connectivity index (χ3n) is 9.49. The first kappa shape index (κ1) is 39.4. The Hall–Kier alpha value is -3.34. The van der Waals surface area contributed by atoms with Gasteiger partial charge < -0.3 is 41.0 Å². The van der Waals surface area contributed by atoms with Crippen LogP contribution in [0.3, 0.4) is 0 Å². The molecule has 4 fully saturated rings. The minimum atomic E-state index is -1.28. The van der Waals surface area contributed by atoms with Crippen molar-refractivity contribution in [2.24, 2.45) is 0 Å². The number of aliphatic hydroxyl groups excluding tert-OH is 2. The molecule has 0 aromatic carbocycles. The number of rotatable bonds is 13. The fraction of sp³-hybridized carbons (Fsp3) is 0.824. The van der Waals surface area contributed by atoms with Crippen LogP contribution >= 0.6 is 0 Å². The average Bonchev–Trinajstić information content (AvgIpc) is 3.27. The second kappa shape index (κ2) is 14.0. The molecule has 4 rings (SSSR count). The van der Waals surface area contributed by atoms with E-state index in [4.69, 9.17) is 9.47 Å². The molecule has 2 spiro atoms. The Morgan fingerprint density at radius 2 is 0.920 bits per heavy atom. The van der Waals surface area contributed by atoms with Crippen LogP contribution in [0.25, 0.3) is 0 Å². The molecule has 0 aliphatic carbocycles. The van der Waals surface area contributed by atoms with E-state index in [2.05, 4.69) is 21.3 Å². The van der Waals surface area contributed by atoms with Gasteiger partial charge in [0.2, 0.25) is 0 Å². The molecular weight excluding hydrogens is 652 g/mol. The summed E-state index contributed by atoms with van der Waals surface area (Å²) in [6.07, 6.45) is -0.515. The van der Waals surface area contributed by atoms with Crippen molar-refractivity contribution >= 4 is 35.8 Å². The Morgan fingerprint density at radius 1 is 0.620 bits per heavy atom. The van der Waals surface area contributed by atoms with Crippen molar-refractivity contribution in [1.29, 1.82) is 0 Å². The molecule has 0 aromatic heterocycles. The van der Waals surface area contributed by atoms with Crippen molar-refractivity contribution in [3.63, 3.8) is 0 Å². The van der Waals surface area contributed by atoms with E-state index in [1.54, 1.807) is 0 Å². The Morgan fingerprint density at radius 3 is 1.22 bits per heavy atom. The molecule has 4 aliphatic heterocycles. The lowest BCUT2D eigenvalue weighted by molar-refractivity contribution is -0.149. The number of imide groups is 2. The van der Waals surface area contributed by atoms with Crippen LogP contribution < -0.4 is 21.3 Å². The number of piperidine rings is 2. The highest BCUT2D eigenvalue weighted by Gasteiger charge is 2.60. The Balaban J connectivity index is 1.12. The molecule has 4 saturated heterocycles. The number of amides is 6. The quantitative estimate of drug-likeness (QED) is 0.0891. The molecular formula is C34H56N6O10. The van der Waals surface area contributed by atoms with E-state index in [-0.39, 0.29) is 38.8 Å². The number of aliphatic hydroxyl groups is 2. The van der Waals surface area contributed by atoms with Gasteiger partial charge in [-0.1, -0.05) is 0 Å². The largest absolute Gasteiger partial charge is 0.463 e. The maximum absolute atomic E-state index is 13.4. The summed E-state index contributed by atoms with van der Waals surface area (Å²) in [5.74, 6) is -2.06. The van der Waals surface area contributed by atoms with Gasteiger partial charge in [0.05, 0.1) is 13.1 Å². The number of unbranched alkanes of at least 4 members (excludes halogenated alkanes) is 1. The molecule has 4 aliphatic rings. The fourth-order valence-electron chi connectivity index (χ4n) is 8.90. The fourth-order valence-corrected chi connectivity index (χ4v) is 8.90. The van der Waals surface area contributed by atoms with Crippen molar-refractivity contribution in [2.45, 2.75) is 152 Å². The lowest BCUT2D eigenvalue weighted by atomic mass is 9.71. The summed E-state index contributed by atoms with van der Waals surface area (Å²) < 4.78 is 10.3. The molecule has 6 N–H and O–H groups in total. The van der Waals surface area contributed by atoms with Crippen LogP contribution in [0, 0.1) is 0 Å². The molecule has 16 heteroatoms. The zero-order chi connectivity index (χ0) is 37.5. The summed E-state index contributed by atoms with van der Waals surface area (Å²) in [5, 5.41) is 33.6. The van der Waals surface area contributed by atoms with Crippen molar-refractivity contribution in [3.8, 4) is 0 Å². The molecule has 282 valence electrons. The van der Waals surface area contributed by atoms with Gasteiger partial charge >= 0.3 is 24.0 Å². The van der Waals surface area contributed by atoms with E-state index in [0.717, 1.165) is 9.80 Å². The van der Waals surface area contributed by atoms with Crippen LogP contribution in [0.5, 0.6) is 0 Å². The van der Waals surface area contributed by atoms with Gasteiger partial charge in [-0.25, -0.2) is 9.59 Å². The van der Waals surface area contributed by atoms with Crippen molar-refractivity contribution in [2.75, 3.05) is 26.3 Å². The van der Waals surface area contributed by atoms with E-state index >= 15 is 0 Å². The summed E-state index contributed by atoms with van der Waals surface area (Å²) >= 11 is 0. The van der Waals surface area contributed by atoms with Gasteiger partial charge in [-0.05, 0) is 93.9 Å². The zero-order valence-electron chi connectivity index (χ0n) is 30.7. The van der Waals surface area contributed by atoms with Crippen molar-refractivity contribution in [1.82, 2.24) is 31.1 Å². The molecule has 2 unspecified atom stereocenters. The number of urea groups is 2. The van der Waals surface area contributed by atoms with Crippen LogP contribution in [0.15, 0.2) is 0 Å². The number of β-amino-alcohol motifs (C(OH)–C–C–N with tert-alkyl or cyclic N) is 2. The van der Waals surface area contributed by atoms with Crippen LogP contribution in [0.1, 0.15) is 107 Å². The van der Waals surface area contributed by atoms with E-state index in [1.165, 1.54) is 0 Å². The van der Waals surface area contributed by atoms with Crippen molar-refractivity contribution < 1.29 is 48.5 Å². The highest BCUT2D eigenvalue weighted by atomic mass is 16.5. The van der Waals surface area contributed by atoms with Gasteiger partial charge in [-0.2, -0.15) is 0 Å². The van der Waals surface area contributed by atoms with Crippen LogP contribution in [0.4, 0.5) is 9.59 Å². The normalized spacial score (nSPS) is 25.3. The second-order valence-corrected chi connectivity index (χ2v) is 17.2. The summed E-state index contributed by atoms with van der Waals surface area (Å²) in [5.41, 5.74) is -3.80. The first-order valence-electron chi connectivity index (χ1n) is 17.4. The predicted molar refractivity (Wildman–Crippen MR) is 179 cm³/mol. The standard InChI is InChI=1S/C34H56N6O10/c1-29(2)17-33(18-30(3,4)37-29)25(45)39(27(47)35-33)13-21(41)15-49-23(43)11-9-10-12-24(44)50-16-22(42)14-40-26(46)34(36-28(40)48)19-31(5,6)38-32(7,8)20-34/h21-22,37-38,41-42H,9-20H2,1-8H3,(H,35,47)(H,36,48). The number of ether oxygens (including phenoxy) is 2. The first-order valence-corrected chi connectivity index (χ1v) is 17.4. The van der Waals surface area contributed by atoms with Gasteiger partial charge in [-0.3, -0.25) is 29.0 Å². The molecule has 4 heterocycles. The number of hydrogen-bond acceptors (Lipinski definition) is 12. The highest BCUT2D eigenvalue weighted by molar-refractivity contribution is 6.08. The Kier molecular flexibility index (Phi) is 11.0. The van der Waals surface area contributed by atoms with Gasteiger partial charge in [0.1, 0.15) is 36.5 Å². The monoisotopic (exact) mass is 708 g/mol. The van der Waals surface area contributed by atoms with Gasteiger partial charge in [0.25, 0.3) is 11.8 Å². The molecule has 50 heavy (non-hydrogen) atoms. The maximum Gasteiger partial charge on any atom is 0.325 e. The lowest BCUT2D eigenvalue weighted by Gasteiger charge is -2.50. The third kappa shape index (κ3) is 9.30. The molecule has 0 radical (unpaired) electrons. The van der Waals surface area contributed by atoms with Gasteiger partial charge in [0, 0.05) is 35.0 Å². The number of esters is 2. The summed E-state index contributed by atoms with van der Waals surface area (Å²) in [6, 6.07) is -1.19. The average molecular weight is 709 g/mol.